The summed E-state index contributed by atoms with van der Waals surface area (Å²) in [5.74, 6) is 1.00. The molecule has 1 amide bonds. The molecule has 3 nitrogen and oxygen atoms in total. The smallest absolute Gasteiger partial charge is 0.255 e. The third kappa shape index (κ3) is 4.28. The highest BCUT2D eigenvalue weighted by Gasteiger charge is 2.35. The molecule has 2 N–H and O–H groups in total. The molecule has 1 atom stereocenters. The van der Waals surface area contributed by atoms with Gasteiger partial charge in [0.2, 0.25) is 0 Å². The first-order chi connectivity index (χ1) is 9.49. The summed E-state index contributed by atoms with van der Waals surface area (Å²) in [7, 11) is 0. The topological polar surface area (TPSA) is 46.3 Å². The zero-order chi connectivity index (χ0) is 14.8. The van der Waals surface area contributed by atoms with Gasteiger partial charge in [-0.05, 0) is 42.3 Å². The summed E-state index contributed by atoms with van der Waals surface area (Å²) in [5, 5.41) is 0.606. The molecule has 1 aromatic carbocycles. The molecule has 118 valence electrons. The first-order valence-corrected chi connectivity index (χ1v) is 8.27. The van der Waals surface area contributed by atoms with Gasteiger partial charge in [0.05, 0.1) is 5.56 Å². The Morgan fingerprint density at radius 3 is 2.81 bits per heavy atom. The number of rotatable bonds is 4. The minimum Gasteiger partial charge on any atom is -0.338 e. The van der Waals surface area contributed by atoms with Gasteiger partial charge in [0.1, 0.15) is 0 Å². The molecule has 1 aliphatic rings. The number of likely N-dealkylation sites (tertiary alicyclic amines) is 1. The van der Waals surface area contributed by atoms with E-state index in [0.29, 0.717) is 17.1 Å². The van der Waals surface area contributed by atoms with E-state index in [-0.39, 0.29) is 23.7 Å². The second kappa shape index (κ2) is 7.73. The molecule has 1 aliphatic heterocycles. The largest absolute Gasteiger partial charge is 0.338 e. The fourth-order valence-corrected chi connectivity index (χ4v) is 3.43. The molecule has 0 bridgehead atoms. The van der Waals surface area contributed by atoms with Crippen molar-refractivity contribution in [1.29, 1.82) is 0 Å². The Bertz CT molecular complexity index is 512. The molecule has 0 saturated carbocycles. The van der Waals surface area contributed by atoms with Crippen molar-refractivity contribution in [2.45, 2.75) is 25.2 Å². The van der Waals surface area contributed by atoms with Crippen molar-refractivity contribution in [2.75, 3.05) is 25.4 Å². The number of nitrogens with two attached hydrogens (primary N) is 1. The van der Waals surface area contributed by atoms with Gasteiger partial charge in [-0.25, -0.2) is 0 Å². The van der Waals surface area contributed by atoms with Gasteiger partial charge in [0, 0.05) is 23.0 Å². The maximum Gasteiger partial charge on any atom is 0.255 e. The van der Waals surface area contributed by atoms with Gasteiger partial charge >= 0.3 is 0 Å². The summed E-state index contributed by atoms with van der Waals surface area (Å²) in [6.07, 6.45) is 0.964. The maximum atomic E-state index is 12.7. The molecule has 21 heavy (non-hydrogen) atoms. The van der Waals surface area contributed by atoms with Crippen molar-refractivity contribution in [3.8, 4) is 0 Å². The van der Waals surface area contributed by atoms with Gasteiger partial charge in [-0.1, -0.05) is 25.4 Å². The summed E-state index contributed by atoms with van der Waals surface area (Å²) in [6, 6.07) is 5.55. The van der Waals surface area contributed by atoms with E-state index >= 15 is 0 Å². The van der Waals surface area contributed by atoms with Crippen LogP contribution in [0.4, 0.5) is 0 Å². The molecule has 6 heteroatoms. The fourth-order valence-electron chi connectivity index (χ4n) is 2.48. The molecular formula is C15H22Cl2N2OS. The van der Waals surface area contributed by atoms with Crippen LogP contribution in [-0.4, -0.2) is 36.2 Å². The summed E-state index contributed by atoms with van der Waals surface area (Å²) < 4.78 is 0. The number of carbonyl (C=O) groups is 1. The van der Waals surface area contributed by atoms with Gasteiger partial charge in [-0.2, -0.15) is 0 Å². The summed E-state index contributed by atoms with van der Waals surface area (Å²) >= 11 is 7.72. The highest BCUT2D eigenvalue weighted by molar-refractivity contribution is 7.99. The van der Waals surface area contributed by atoms with Crippen molar-refractivity contribution in [3.05, 3.63) is 28.8 Å². The average Bonchev–Trinajstić information content (AvgIpc) is 2.84. The number of carbonyl (C=O) groups excluding carboxylic acids is 1. The van der Waals surface area contributed by atoms with Crippen LogP contribution in [0.3, 0.4) is 0 Å². The second-order valence-electron chi connectivity index (χ2n) is 5.56. The third-order valence-electron chi connectivity index (χ3n) is 3.81. The monoisotopic (exact) mass is 348 g/mol. The van der Waals surface area contributed by atoms with E-state index in [2.05, 4.69) is 13.8 Å². The first-order valence-electron chi connectivity index (χ1n) is 6.91. The Hall–Kier alpha value is -0.420. The molecule has 1 heterocycles. The Kier molecular flexibility index (Phi) is 6.85. The van der Waals surface area contributed by atoms with Gasteiger partial charge in [0.15, 0.2) is 0 Å². The van der Waals surface area contributed by atoms with Crippen LogP contribution in [0.2, 0.25) is 5.02 Å². The SMILES string of the molecule is CCSc1ccc(Cl)cc1C(=O)N1CCC(C)(CN)C1.Cl. The van der Waals surface area contributed by atoms with Crippen LogP contribution < -0.4 is 5.73 Å². The number of benzene rings is 1. The molecule has 0 aromatic heterocycles. The molecular weight excluding hydrogens is 327 g/mol. The lowest BCUT2D eigenvalue weighted by Crippen LogP contribution is -2.34. The fraction of sp³-hybridized carbons (Fsp3) is 0.533. The minimum atomic E-state index is 0. The lowest BCUT2D eigenvalue weighted by Gasteiger charge is -2.23. The lowest BCUT2D eigenvalue weighted by atomic mass is 9.90. The Labute approximate surface area is 142 Å². The Morgan fingerprint density at radius 1 is 1.52 bits per heavy atom. The first kappa shape index (κ1) is 18.6. The van der Waals surface area contributed by atoms with Crippen molar-refractivity contribution >= 4 is 41.7 Å². The third-order valence-corrected chi connectivity index (χ3v) is 5.00. The van der Waals surface area contributed by atoms with Crippen LogP contribution in [0.5, 0.6) is 0 Å². The number of hydrogen-bond acceptors (Lipinski definition) is 3. The number of amides is 1. The highest BCUT2D eigenvalue weighted by atomic mass is 35.5. The highest BCUT2D eigenvalue weighted by Crippen LogP contribution is 2.32. The maximum absolute atomic E-state index is 12.7. The van der Waals surface area contributed by atoms with Crippen LogP contribution in [0.1, 0.15) is 30.6 Å². The second-order valence-corrected chi connectivity index (χ2v) is 7.31. The molecule has 1 aromatic rings. The van der Waals surface area contributed by atoms with E-state index in [4.69, 9.17) is 17.3 Å². The zero-order valence-corrected chi connectivity index (χ0v) is 14.8. The molecule has 2 rings (SSSR count). The predicted octanol–water partition coefficient (Wildman–Crippen LogP) is 3.68. The summed E-state index contributed by atoms with van der Waals surface area (Å²) in [4.78, 5) is 15.6. The number of hydrogen-bond donors (Lipinski definition) is 1. The number of halogens is 2. The predicted molar refractivity (Wildman–Crippen MR) is 92.8 cm³/mol. The standard InChI is InChI=1S/C15H21ClN2OS.ClH/c1-3-20-13-5-4-11(16)8-12(13)14(19)18-7-6-15(2,9-17)10-18;/h4-5,8H,3,6-7,9-10,17H2,1-2H3;1H. The molecule has 0 radical (unpaired) electrons. The van der Waals surface area contributed by atoms with Crippen LogP contribution in [-0.2, 0) is 0 Å². The minimum absolute atomic E-state index is 0. The zero-order valence-electron chi connectivity index (χ0n) is 12.4. The Balaban J connectivity index is 0.00000220. The van der Waals surface area contributed by atoms with E-state index in [1.54, 1.807) is 17.8 Å². The van der Waals surface area contributed by atoms with E-state index in [9.17, 15) is 4.79 Å². The van der Waals surface area contributed by atoms with Crippen LogP contribution in [0.15, 0.2) is 23.1 Å². The van der Waals surface area contributed by atoms with E-state index in [0.717, 1.165) is 30.2 Å². The van der Waals surface area contributed by atoms with Crippen molar-refractivity contribution in [3.63, 3.8) is 0 Å². The quantitative estimate of drug-likeness (QED) is 0.844. The van der Waals surface area contributed by atoms with Gasteiger partial charge in [0.25, 0.3) is 5.91 Å². The molecule has 1 saturated heterocycles. The Morgan fingerprint density at radius 2 is 2.24 bits per heavy atom. The molecule has 0 aliphatic carbocycles. The van der Waals surface area contributed by atoms with Crippen molar-refractivity contribution in [1.82, 2.24) is 4.90 Å². The normalized spacial score (nSPS) is 21.2. The summed E-state index contributed by atoms with van der Waals surface area (Å²) in [6.45, 7) is 6.33. The summed E-state index contributed by atoms with van der Waals surface area (Å²) in [5.41, 5.74) is 6.57. The van der Waals surface area contributed by atoms with Crippen LogP contribution >= 0.6 is 35.8 Å². The van der Waals surface area contributed by atoms with Crippen molar-refractivity contribution in [2.24, 2.45) is 11.1 Å². The molecule has 0 spiro atoms. The van der Waals surface area contributed by atoms with Gasteiger partial charge in [-0.3, -0.25) is 4.79 Å². The number of thioether (sulfide) groups is 1. The van der Waals surface area contributed by atoms with E-state index < -0.39 is 0 Å². The average molecular weight is 349 g/mol. The van der Waals surface area contributed by atoms with E-state index in [1.807, 2.05) is 17.0 Å². The number of nitrogens with zero attached hydrogens (tertiary/aromatic N) is 1. The van der Waals surface area contributed by atoms with Crippen LogP contribution in [0.25, 0.3) is 0 Å². The molecule has 1 fully saturated rings. The van der Waals surface area contributed by atoms with Crippen molar-refractivity contribution < 1.29 is 4.79 Å². The molecule has 1 unspecified atom stereocenters. The van der Waals surface area contributed by atoms with Gasteiger partial charge in [-0.15, -0.1) is 24.2 Å². The lowest BCUT2D eigenvalue weighted by molar-refractivity contribution is 0.0773. The van der Waals surface area contributed by atoms with Gasteiger partial charge < -0.3 is 10.6 Å². The van der Waals surface area contributed by atoms with E-state index in [1.165, 1.54) is 0 Å². The van der Waals surface area contributed by atoms with Crippen LogP contribution in [0, 0.1) is 5.41 Å².